The number of amides is 1. The molecule has 0 saturated carbocycles. The molecule has 0 radical (unpaired) electrons. The zero-order chi connectivity index (χ0) is 22.1. The second-order valence-corrected chi connectivity index (χ2v) is 8.81. The number of fused-ring (bicyclic) bond motifs is 1. The number of hydrogen-bond donors (Lipinski definition) is 0. The summed E-state index contributed by atoms with van der Waals surface area (Å²) in [7, 11) is 0. The van der Waals surface area contributed by atoms with Crippen LogP contribution in [-0.2, 0) is 17.9 Å². The number of piperidine rings is 1. The largest absolute Gasteiger partial charge is 0.343 e. The molecule has 0 spiro atoms. The lowest BCUT2D eigenvalue weighted by atomic mass is 9.88. The average Bonchev–Trinajstić information content (AvgIpc) is 3.16. The number of carbonyl (C=O) groups is 1. The summed E-state index contributed by atoms with van der Waals surface area (Å²) < 4.78 is 16.3. The molecule has 1 aliphatic rings. The highest BCUT2D eigenvalue weighted by molar-refractivity contribution is 5.86. The van der Waals surface area contributed by atoms with E-state index in [-0.39, 0.29) is 17.6 Å². The summed E-state index contributed by atoms with van der Waals surface area (Å²) in [6.45, 7) is 3.89. The maximum atomic E-state index is 14.1. The fourth-order valence-corrected chi connectivity index (χ4v) is 4.76. The van der Waals surface area contributed by atoms with Crippen molar-refractivity contribution in [2.24, 2.45) is 0 Å². The lowest BCUT2D eigenvalue weighted by molar-refractivity contribution is -0.134. The first kappa shape index (κ1) is 20.5. The molecule has 5 rings (SSSR count). The van der Waals surface area contributed by atoms with Crippen molar-refractivity contribution in [1.82, 2.24) is 9.47 Å². The third-order valence-corrected chi connectivity index (χ3v) is 6.57. The Morgan fingerprint density at radius 1 is 0.938 bits per heavy atom. The maximum Gasteiger partial charge on any atom is 0.223 e. The minimum Gasteiger partial charge on any atom is -0.343 e. The molecule has 0 N–H and O–H groups in total. The highest BCUT2D eigenvalue weighted by atomic mass is 19.1. The fraction of sp³-hybridized carbons (Fsp3) is 0.250. The van der Waals surface area contributed by atoms with Crippen molar-refractivity contribution in [2.45, 2.75) is 38.8 Å². The smallest absolute Gasteiger partial charge is 0.223 e. The van der Waals surface area contributed by atoms with Crippen LogP contribution in [0.5, 0.6) is 0 Å². The van der Waals surface area contributed by atoms with E-state index >= 15 is 0 Å². The summed E-state index contributed by atoms with van der Waals surface area (Å²) in [5.41, 5.74) is 5.54. The summed E-state index contributed by atoms with van der Waals surface area (Å²) in [6, 6.07) is 23.8. The maximum absolute atomic E-state index is 14.1. The Hall–Kier alpha value is -3.40. The molecule has 162 valence electrons. The number of hydrogen-bond acceptors (Lipinski definition) is 1. The van der Waals surface area contributed by atoms with E-state index in [9.17, 15) is 9.18 Å². The lowest BCUT2D eigenvalue weighted by Crippen LogP contribution is -2.37. The van der Waals surface area contributed by atoms with Crippen LogP contribution in [0.2, 0.25) is 0 Å². The first-order valence-electron chi connectivity index (χ1n) is 11.2. The predicted octanol–water partition coefficient (Wildman–Crippen LogP) is 6.04. The van der Waals surface area contributed by atoms with Crippen LogP contribution >= 0.6 is 0 Å². The minimum absolute atomic E-state index is 0.0971. The van der Waals surface area contributed by atoms with E-state index in [0.717, 1.165) is 13.0 Å². The van der Waals surface area contributed by atoms with Gasteiger partial charge in [-0.1, -0.05) is 66.2 Å². The standard InChI is InChI=1S/C28H27FN2O/c1-20-10-12-21(13-11-20)17-31-19-25(24-7-3-5-9-27(24)31)22-14-15-30(28(32)16-22)18-23-6-2-4-8-26(23)29/h2-13,19,22H,14-18H2,1H3. The van der Waals surface area contributed by atoms with Crippen molar-refractivity contribution >= 4 is 16.8 Å². The highest BCUT2D eigenvalue weighted by Gasteiger charge is 2.29. The SMILES string of the molecule is Cc1ccc(Cn2cc(C3CCN(Cc4ccccc4F)C(=O)C3)c3ccccc32)cc1. The van der Waals surface area contributed by atoms with E-state index in [4.69, 9.17) is 0 Å². The van der Waals surface area contributed by atoms with Crippen LogP contribution < -0.4 is 0 Å². The molecule has 3 nitrogen and oxygen atoms in total. The zero-order valence-electron chi connectivity index (χ0n) is 18.3. The van der Waals surface area contributed by atoms with Crippen molar-refractivity contribution < 1.29 is 9.18 Å². The van der Waals surface area contributed by atoms with Gasteiger partial charge in [0.05, 0.1) is 0 Å². The van der Waals surface area contributed by atoms with E-state index in [2.05, 4.69) is 66.2 Å². The third-order valence-electron chi connectivity index (χ3n) is 6.57. The Bertz CT molecular complexity index is 1260. The molecule has 1 aromatic heterocycles. The Labute approximate surface area is 188 Å². The number of rotatable bonds is 5. The highest BCUT2D eigenvalue weighted by Crippen LogP contribution is 2.35. The van der Waals surface area contributed by atoms with Crippen LogP contribution in [-0.4, -0.2) is 21.9 Å². The quantitative estimate of drug-likeness (QED) is 0.382. The van der Waals surface area contributed by atoms with Gasteiger partial charge in [0.1, 0.15) is 5.82 Å². The molecule has 1 fully saturated rings. The van der Waals surface area contributed by atoms with Crippen LogP contribution in [0.3, 0.4) is 0 Å². The van der Waals surface area contributed by atoms with E-state index in [1.54, 1.807) is 17.0 Å². The fourth-order valence-electron chi connectivity index (χ4n) is 4.76. The number of halogens is 1. The van der Waals surface area contributed by atoms with Crippen LogP contribution in [0, 0.1) is 12.7 Å². The molecule has 1 saturated heterocycles. The molecule has 32 heavy (non-hydrogen) atoms. The van der Waals surface area contributed by atoms with Gasteiger partial charge in [0.2, 0.25) is 5.91 Å². The zero-order valence-corrected chi connectivity index (χ0v) is 18.3. The number of para-hydroxylation sites is 1. The van der Waals surface area contributed by atoms with Crippen LogP contribution in [0.1, 0.15) is 41.0 Å². The summed E-state index contributed by atoms with van der Waals surface area (Å²) in [5.74, 6) is 0.0324. The van der Waals surface area contributed by atoms with E-state index < -0.39 is 0 Å². The molecule has 1 aliphatic heterocycles. The van der Waals surface area contributed by atoms with Gasteiger partial charge in [-0.05, 0) is 42.5 Å². The number of benzene rings is 3. The number of carbonyl (C=O) groups excluding carboxylic acids is 1. The van der Waals surface area contributed by atoms with Gasteiger partial charge >= 0.3 is 0 Å². The molecule has 4 heteroatoms. The van der Waals surface area contributed by atoms with Gasteiger partial charge in [0, 0.05) is 48.7 Å². The van der Waals surface area contributed by atoms with Crippen LogP contribution in [0.15, 0.2) is 79.0 Å². The Morgan fingerprint density at radius 2 is 1.69 bits per heavy atom. The van der Waals surface area contributed by atoms with E-state index in [1.807, 2.05) is 6.07 Å². The molecule has 0 bridgehead atoms. The molecule has 0 aliphatic carbocycles. The Balaban J connectivity index is 1.38. The first-order valence-corrected chi connectivity index (χ1v) is 11.2. The molecule has 1 amide bonds. The number of likely N-dealkylation sites (tertiary alicyclic amines) is 1. The van der Waals surface area contributed by atoms with Crippen molar-refractivity contribution in [3.05, 3.63) is 107 Å². The Kier molecular flexibility index (Phi) is 5.52. The molecule has 1 unspecified atom stereocenters. The topological polar surface area (TPSA) is 25.2 Å². The lowest BCUT2D eigenvalue weighted by Gasteiger charge is -2.32. The van der Waals surface area contributed by atoms with Crippen LogP contribution in [0.25, 0.3) is 10.9 Å². The number of aromatic nitrogens is 1. The molecule has 2 heterocycles. The summed E-state index contributed by atoms with van der Waals surface area (Å²) >= 11 is 0. The van der Waals surface area contributed by atoms with Crippen molar-refractivity contribution in [1.29, 1.82) is 0 Å². The average molecular weight is 427 g/mol. The van der Waals surface area contributed by atoms with Crippen molar-refractivity contribution in [3.8, 4) is 0 Å². The van der Waals surface area contributed by atoms with Gasteiger partial charge < -0.3 is 9.47 Å². The second kappa shape index (κ2) is 8.62. The predicted molar refractivity (Wildman–Crippen MR) is 126 cm³/mol. The van der Waals surface area contributed by atoms with Crippen molar-refractivity contribution in [2.75, 3.05) is 6.54 Å². The normalized spacial score (nSPS) is 16.6. The van der Waals surface area contributed by atoms with Crippen LogP contribution in [0.4, 0.5) is 4.39 Å². The molecular formula is C28H27FN2O. The third kappa shape index (κ3) is 4.05. The summed E-state index contributed by atoms with van der Waals surface area (Å²) in [4.78, 5) is 14.7. The molecular weight excluding hydrogens is 399 g/mol. The second-order valence-electron chi connectivity index (χ2n) is 8.81. The Morgan fingerprint density at radius 3 is 2.47 bits per heavy atom. The minimum atomic E-state index is -0.249. The van der Waals surface area contributed by atoms with E-state index in [0.29, 0.717) is 25.1 Å². The number of nitrogens with zero attached hydrogens (tertiary/aromatic N) is 2. The van der Waals surface area contributed by atoms with Gasteiger partial charge in [-0.15, -0.1) is 0 Å². The van der Waals surface area contributed by atoms with Crippen molar-refractivity contribution in [3.63, 3.8) is 0 Å². The summed E-state index contributed by atoms with van der Waals surface area (Å²) in [6.07, 6.45) is 3.58. The molecule has 1 atom stereocenters. The van der Waals surface area contributed by atoms with E-state index in [1.165, 1.54) is 33.7 Å². The number of aryl methyl sites for hydroxylation is 1. The molecule has 4 aromatic rings. The van der Waals surface area contributed by atoms with Gasteiger partial charge in [-0.25, -0.2) is 4.39 Å². The monoisotopic (exact) mass is 426 g/mol. The summed E-state index contributed by atoms with van der Waals surface area (Å²) in [5, 5.41) is 1.22. The van der Waals surface area contributed by atoms with Gasteiger partial charge in [0.25, 0.3) is 0 Å². The first-order chi connectivity index (χ1) is 15.6. The van der Waals surface area contributed by atoms with Gasteiger partial charge in [-0.2, -0.15) is 0 Å². The molecule has 3 aromatic carbocycles. The van der Waals surface area contributed by atoms with Gasteiger partial charge in [0.15, 0.2) is 0 Å². The van der Waals surface area contributed by atoms with Gasteiger partial charge in [-0.3, -0.25) is 4.79 Å².